The van der Waals surface area contributed by atoms with Crippen LogP contribution < -0.4 is 5.32 Å². The van der Waals surface area contributed by atoms with Gasteiger partial charge in [-0.15, -0.1) is 0 Å². The minimum Gasteiger partial charge on any atom is -0.309 e. The summed E-state index contributed by atoms with van der Waals surface area (Å²) >= 11 is 0. The predicted octanol–water partition coefficient (Wildman–Crippen LogP) is 1.70. The van der Waals surface area contributed by atoms with Gasteiger partial charge in [-0.2, -0.15) is 5.10 Å². The Hall–Kier alpha value is -1.32. The standard InChI is InChI=1S/C9H15N3O/c1-6-5-7(12-11-6)10-8(13)9(2,3)4/h5H,1-4H3,(H2,10,11,12,13). The molecule has 2 N–H and O–H groups in total. The minimum atomic E-state index is -0.382. The van der Waals surface area contributed by atoms with Crippen LogP contribution in [-0.4, -0.2) is 16.1 Å². The lowest BCUT2D eigenvalue weighted by molar-refractivity contribution is -0.123. The van der Waals surface area contributed by atoms with Crippen molar-refractivity contribution in [2.75, 3.05) is 5.32 Å². The van der Waals surface area contributed by atoms with Crippen LogP contribution >= 0.6 is 0 Å². The molecule has 0 aliphatic rings. The fourth-order valence-electron chi connectivity index (χ4n) is 0.786. The Bertz CT molecular complexity index is 309. The molecule has 0 aliphatic carbocycles. The third-order valence-electron chi connectivity index (χ3n) is 1.63. The summed E-state index contributed by atoms with van der Waals surface area (Å²) in [5.74, 6) is 0.552. The number of anilines is 1. The SMILES string of the molecule is Cc1cc(NC(=O)C(C)(C)C)n[nH]1. The molecule has 72 valence electrons. The molecule has 0 atom stereocenters. The van der Waals surface area contributed by atoms with E-state index in [1.54, 1.807) is 6.07 Å². The summed E-state index contributed by atoms with van der Waals surface area (Å²) in [7, 11) is 0. The van der Waals surface area contributed by atoms with Gasteiger partial charge in [0.05, 0.1) is 0 Å². The van der Waals surface area contributed by atoms with Gasteiger partial charge >= 0.3 is 0 Å². The van der Waals surface area contributed by atoms with Crippen LogP contribution in [0.25, 0.3) is 0 Å². The Kier molecular flexibility index (Phi) is 2.40. The van der Waals surface area contributed by atoms with Crippen molar-refractivity contribution >= 4 is 11.7 Å². The topological polar surface area (TPSA) is 57.8 Å². The zero-order valence-electron chi connectivity index (χ0n) is 8.43. The largest absolute Gasteiger partial charge is 0.309 e. The molecule has 4 heteroatoms. The molecular weight excluding hydrogens is 166 g/mol. The number of aromatic amines is 1. The van der Waals surface area contributed by atoms with Crippen LogP contribution in [0.2, 0.25) is 0 Å². The number of hydrogen-bond donors (Lipinski definition) is 2. The molecule has 0 fully saturated rings. The first-order valence-corrected chi connectivity index (χ1v) is 4.23. The summed E-state index contributed by atoms with van der Waals surface area (Å²) in [4.78, 5) is 11.5. The third-order valence-corrected chi connectivity index (χ3v) is 1.63. The van der Waals surface area contributed by atoms with E-state index in [9.17, 15) is 4.79 Å². The molecule has 0 saturated heterocycles. The Morgan fingerprint density at radius 1 is 1.54 bits per heavy atom. The van der Waals surface area contributed by atoms with Crippen LogP contribution in [0.15, 0.2) is 6.07 Å². The van der Waals surface area contributed by atoms with Gasteiger partial charge in [-0.3, -0.25) is 9.89 Å². The first kappa shape index (κ1) is 9.77. The summed E-state index contributed by atoms with van der Waals surface area (Å²) in [5, 5.41) is 9.39. The van der Waals surface area contributed by atoms with Crippen LogP contribution in [0.3, 0.4) is 0 Å². The molecule has 1 heterocycles. The van der Waals surface area contributed by atoms with Gasteiger partial charge in [-0.05, 0) is 6.92 Å². The van der Waals surface area contributed by atoms with Gasteiger partial charge in [0, 0.05) is 17.2 Å². The Balaban J connectivity index is 2.65. The fourth-order valence-corrected chi connectivity index (χ4v) is 0.786. The molecule has 4 nitrogen and oxygen atoms in total. The smallest absolute Gasteiger partial charge is 0.230 e. The number of nitrogens with one attached hydrogen (secondary N) is 2. The Morgan fingerprint density at radius 2 is 2.15 bits per heavy atom. The summed E-state index contributed by atoms with van der Waals surface area (Å²) in [6, 6.07) is 1.80. The number of amides is 1. The van der Waals surface area contributed by atoms with Crippen LogP contribution in [0.4, 0.5) is 5.82 Å². The highest BCUT2D eigenvalue weighted by Gasteiger charge is 2.21. The summed E-state index contributed by atoms with van der Waals surface area (Å²) in [6.45, 7) is 7.48. The highest BCUT2D eigenvalue weighted by Crippen LogP contribution is 2.16. The van der Waals surface area contributed by atoms with Crippen LogP contribution in [-0.2, 0) is 4.79 Å². The van der Waals surface area contributed by atoms with Crippen molar-refractivity contribution in [1.29, 1.82) is 0 Å². The second-order valence-electron chi connectivity index (χ2n) is 4.14. The molecule has 0 saturated carbocycles. The number of nitrogens with zero attached hydrogens (tertiary/aromatic N) is 1. The normalized spacial score (nSPS) is 11.4. The lowest BCUT2D eigenvalue weighted by Gasteiger charge is -2.15. The van der Waals surface area contributed by atoms with Gasteiger partial charge in [-0.25, -0.2) is 0 Å². The van der Waals surface area contributed by atoms with E-state index in [2.05, 4.69) is 15.5 Å². The number of aryl methyl sites for hydroxylation is 1. The number of carbonyl (C=O) groups excluding carboxylic acids is 1. The number of rotatable bonds is 1. The highest BCUT2D eigenvalue weighted by atomic mass is 16.2. The van der Waals surface area contributed by atoms with Gasteiger partial charge < -0.3 is 5.32 Å². The van der Waals surface area contributed by atoms with Crippen molar-refractivity contribution in [2.24, 2.45) is 5.41 Å². The molecule has 0 spiro atoms. The lowest BCUT2D eigenvalue weighted by atomic mass is 9.96. The molecular formula is C9H15N3O. The first-order valence-electron chi connectivity index (χ1n) is 4.23. The summed E-state index contributed by atoms with van der Waals surface area (Å²) in [6.07, 6.45) is 0. The van der Waals surface area contributed by atoms with E-state index in [1.807, 2.05) is 27.7 Å². The predicted molar refractivity (Wildman–Crippen MR) is 51.4 cm³/mol. The van der Waals surface area contributed by atoms with Crippen molar-refractivity contribution in [3.8, 4) is 0 Å². The van der Waals surface area contributed by atoms with Gasteiger partial charge in [0.15, 0.2) is 5.82 Å². The quantitative estimate of drug-likeness (QED) is 0.692. The van der Waals surface area contributed by atoms with Crippen molar-refractivity contribution in [2.45, 2.75) is 27.7 Å². The highest BCUT2D eigenvalue weighted by molar-refractivity contribution is 5.93. The molecule has 13 heavy (non-hydrogen) atoms. The third kappa shape index (κ3) is 2.57. The number of aromatic nitrogens is 2. The summed E-state index contributed by atoms with van der Waals surface area (Å²) in [5.41, 5.74) is 0.552. The molecule has 1 aromatic heterocycles. The molecule has 0 radical (unpaired) electrons. The molecule has 0 aromatic carbocycles. The molecule has 1 amide bonds. The molecule has 1 rings (SSSR count). The fraction of sp³-hybridized carbons (Fsp3) is 0.556. The monoisotopic (exact) mass is 181 g/mol. The lowest BCUT2D eigenvalue weighted by Crippen LogP contribution is -2.27. The van der Waals surface area contributed by atoms with Gasteiger partial charge in [0.2, 0.25) is 5.91 Å². The maximum Gasteiger partial charge on any atom is 0.230 e. The second-order valence-corrected chi connectivity index (χ2v) is 4.14. The zero-order valence-corrected chi connectivity index (χ0v) is 8.43. The van der Waals surface area contributed by atoms with Crippen molar-refractivity contribution in [1.82, 2.24) is 10.2 Å². The van der Waals surface area contributed by atoms with E-state index in [0.29, 0.717) is 5.82 Å². The van der Waals surface area contributed by atoms with Gasteiger partial charge in [-0.1, -0.05) is 20.8 Å². The van der Waals surface area contributed by atoms with Crippen LogP contribution in [0.1, 0.15) is 26.5 Å². The average Bonchev–Trinajstić information content (AvgIpc) is 2.33. The van der Waals surface area contributed by atoms with E-state index in [-0.39, 0.29) is 11.3 Å². The van der Waals surface area contributed by atoms with Gasteiger partial charge in [0.1, 0.15) is 0 Å². The average molecular weight is 181 g/mol. The van der Waals surface area contributed by atoms with E-state index in [0.717, 1.165) is 5.69 Å². The van der Waals surface area contributed by atoms with Crippen LogP contribution in [0, 0.1) is 12.3 Å². The first-order chi connectivity index (χ1) is 5.89. The Labute approximate surface area is 77.7 Å². The van der Waals surface area contributed by atoms with Crippen LogP contribution in [0.5, 0.6) is 0 Å². The minimum absolute atomic E-state index is 0.0287. The molecule has 0 bridgehead atoms. The van der Waals surface area contributed by atoms with Crippen molar-refractivity contribution < 1.29 is 4.79 Å². The van der Waals surface area contributed by atoms with Gasteiger partial charge in [0.25, 0.3) is 0 Å². The van der Waals surface area contributed by atoms with E-state index in [4.69, 9.17) is 0 Å². The number of H-pyrrole nitrogens is 1. The molecule has 0 aliphatic heterocycles. The molecule has 0 unspecified atom stereocenters. The van der Waals surface area contributed by atoms with Crippen molar-refractivity contribution in [3.05, 3.63) is 11.8 Å². The number of carbonyl (C=O) groups is 1. The maximum absolute atomic E-state index is 11.5. The van der Waals surface area contributed by atoms with Crippen molar-refractivity contribution in [3.63, 3.8) is 0 Å². The Morgan fingerprint density at radius 3 is 2.54 bits per heavy atom. The van der Waals surface area contributed by atoms with E-state index < -0.39 is 0 Å². The van der Waals surface area contributed by atoms with E-state index >= 15 is 0 Å². The molecule has 1 aromatic rings. The maximum atomic E-state index is 11.5. The summed E-state index contributed by atoms with van der Waals surface area (Å²) < 4.78 is 0. The number of hydrogen-bond acceptors (Lipinski definition) is 2. The van der Waals surface area contributed by atoms with E-state index in [1.165, 1.54) is 0 Å². The second kappa shape index (κ2) is 3.20. The zero-order chi connectivity index (χ0) is 10.1.